The van der Waals surface area contributed by atoms with E-state index >= 15 is 0 Å². The summed E-state index contributed by atoms with van der Waals surface area (Å²) in [6.07, 6.45) is 4.47. The van der Waals surface area contributed by atoms with Gasteiger partial charge in [-0.05, 0) is 12.1 Å². The van der Waals surface area contributed by atoms with Gasteiger partial charge < -0.3 is 9.47 Å². The molecule has 0 radical (unpaired) electrons. The number of amides is 1. The lowest BCUT2D eigenvalue weighted by Gasteiger charge is -2.15. The zero-order valence-electron chi connectivity index (χ0n) is 12.1. The van der Waals surface area contributed by atoms with Gasteiger partial charge in [0.05, 0.1) is 16.9 Å². The summed E-state index contributed by atoms with van der Waals surface area (Å²) in [6, 6.07) is 8.15. The largest absolute Gasteiger partial charge is 0.345 e. The van der Waals surface area contributed by atoms with Gasteiger partial charge in [-0.2, -0.15) is 5.10 Å². The maximum absolute atomic E-state index is 12.1. The first-order valence-corrected chi connectivity index (χ1v) is 7.03. The first kappa shape index (κ1) is 12.2. The van der Waals surface area contributed by atoms with Crippen molar-refractivity contribution in [2.24, 2.45) is 7.05 Å². The number of anilines is 1. The quantitative estimate of drug-likeness (QED) is 0.687. The molecule has 21 heavy (non-hydrogen) atoms. The molecule has 0 fully saturated rings. The third kappa shape index (κ3) is 1.63. The first-order chi connectivity index (χ1) is 10.2. The van der Waals surface area contributed by atoms with Crippen molar-refractivity contribution in [2.45, 2.75) is 13.0 Å². The van der Waals surface area contributed by atoms with E-state index in [1.165, 1.54) is 0 Å². The molecule has 3 heterocycles. The summed E-state index contributed by atoms with van der Waals surface area (Å²) >= 11 is 0. The Labute approximate surface area is 122 Å². The minimum atomic E-state index is 0.160. The molecule has 1 aliphatic heterocycles. The van der Waals surface area contributed by atoms with E-state index in [0.29, 0.717) is 13.0 Å². The predicted molar refractivity (Wildman–Crippen MR) is 82.2 cm³/mol. The maximum atomic E-state index is 12.1. The van der Waals surface area contributed by atoms with Gasteiger partial charge in [0.25, 0.3) is 0 Å². The number of para-hydroxylation sites is 1. The average Bonchev–Trinajstić information content (AvgIpc) is 3.04. The molecular formula is C16H16N4O. The summed E-state index contributed by atoms with van der Waals surface area (Å²) in [5.74, 6) is 0.160. The Morgan fingerprint density at radius 3 is 2.81 bits per heavy atom. The summed E-state index contributed by atoms with van der Waals surface area (Å²) in [4.78, 5) is 13.8. The zero-order valence-corrected chi connectivity index (χ0v) is 12.1. The maximum Gasteiger partial charge on any atom is 0.228 e. The van der Waals surface area contributed by atoms with Gasteiger partial charge in [-0.15, -0.1) is 0 Å². The fourth-order valence-corrected chi connectivity index (χ4v) is 3.15. The van der Waals surface area contributed by atoms with Crippen molar-refractivity contribution >= 4 is 22.5 Å². The van der Waals surface area contributed by atoms with Crippen LogP contribution in [0.25, 0.3) is 22.2 Å². The van der Waals surface area contributed by atoms with Crippen LogP contribution in [-0.4, -0.2) is 27.3 Å². The number of nitrogens with zero attached hydrogens (tertiary/aromatic N) is 4. The number of benzene rings is 1. The van der Waals surface area contributed by atoms with Crippen LogP contribution in [0.2, 0.25) is 0 Å². The van der Waals surface area contributed by atoms with Crippen LogP contribution in [0.1, 0.15) is 6.42 Å². The highest BCUT2D eigenvalue weighted by Crippen LogP contribution is 2.37. The van der Waals surface area contributed by atoms with Gasteiger partial charge in [0.15, 0.2) is 0 Å². The number of hydrogen-bond acceptors (Lipinski definition) is 2. The Hall–Kier alpha value is -2.56. The molecular weight excluding hydrogens is 264 g/mol. The molecule has 1 aromatic carbocycles. The highest BCUT2D eigenvalue weighted by molar-refractivity contribution is 6.07. The molecule has 106 valence electrons. The normalized spacial score (nSPS) is 14.8. The molecule has 1 aliphatic rings. The Balaban J connectivity index is 2.06. The minimum Gasteiger partial charge on any atom is -0.345 e. The molecule has 5 heteroatoms. The minimum absolute atomic E-state index is 0.160. The average molecular weight is 280 g/mol. The second-order valence-corrected chi connectivity index (χ2v) is 5.45. The van der Waals surface area contributed by atoms with Crippen molar-refractivity contribution in [1.82, 2.24) is 14.3 Å². The first-order valence-electron chi connectivity index (χ1n) is 7.03. The monoisotopic (exact) mass is 280 g/mol. The lowest BCUT2D eigenvalue weighted by Crippen LogP contribution is -2.25. The molecule has 4 rings (SSSR count). The van der Waals surface area contributed by atoms with Gasteiger partial charge in [0.2, 0.25) is 5.91 Å². The van der Waals surface area contributed by atoms with Crippen molar-refractivity contribution in [3.05, 3.63) is 36.7 Å². The second-order valence-electron chi connectivity index (χ2n) is 5.45. The fourth-order valence-electron chi connectivity index (χ4n) is 3.15. The molecule has 0 saturated carbocycles. The molecule has 0 unspecified atom stereocenters. The van der Waals surface area contributed by atoms with E-state index in [2.05, 4.69) is 21.9 Å². The van der Waals surface area contributed by atoms with E-state index in [0.717, 1.165) is 27.8 Å². The summed E-state index contributed by atoms with van der Waals surface area (Å²) in [7, 11) is 3.80. The Morgan fingerprint density at radius 2 is 2.05 bits per heavy atom. The Morgan fingerprint density at radius 1 is 1.19 bits per heavy atom. The lowest BCUT2D eigenvalue weighted by atomic mass is 10.1. The van der Waals surface area contributed by atoms with Gasteiger partial charge in [-0.25, -0.2) is 0 Å². The molecule has 5 nitrogen and oxygen atoms in total. The smallest absolute Gasteiger partial charge is 0.228 e. The van der Waals surface area contributed by atoms with Gasteiger partial charge in [-0.3, -0.25) is 9.48 Å². The number of aromatic nitrogens is 3. The van der Waals surface area contributed by atoms with Crippen LogP contribution in [0.5, 0.6) is 0 Å². The lowest BCUT2D eigenvalue weighted by molar-refractivity contribution is -0.118. The predicted octanol–water partition coefficient (Wildman–Crippen LogP) is 2.41. The summed E-state index contributed by atoms with van der Waals surface area (Å²) in [5.41, 5.74) is 4.35. The van der Waals surface area contributed by atoms with Crippen molar-refractivity contribution in [3.8, 4) is 11.3 Å². The standard InChI is InChI=1S/C16H16N4O/c1-18-14-5-3-4-11-12(13-6-8-17-19(13)2)10-20(16(11)14)9-7-15(18)21/h3-6,8,10H,7,9H2,1-2H3. The third-order valence-electron chi connectivity index (χ3n) is 4.28. The molecule has 0 atom stereocenters. The van der Waals surface area contributed by atoms with Gasteiger partial charge >= 0.3 is 0 Å². The van der Waals surface area contributed by atoms with Crippen LogP contribution in [0, 0.1) is 0 Å². The van der Waals surface area contributed by atoms with Crippen LogP contribution in [0.3, 0.4) is 0 Å². The van der Waals surface area contributed by atoms with Gasteiger partial charge in [0, 0.05) is 50.4 Å². The zero-order chi connectivity index (χ0) is 14.6. The van der Waals surface area contributed by atoms with Crippen LogP contribution < -0.4 is 4.90 Å². The van der Waals surface area contributed by atoms with Crippen LogP contribution in [0.4, 0.5) is 5.69 Å². The van der Waals surface area contributed by atoms with E-state index < -0.39 is 0 Å². The van der Waals surface area contributed by atoms with Crippen LogP contribution >= 0.6 is 0 Å². The number of hydrogen-bond donors (Lipinski definition) is 0. The number of carbonyl (C=O) groups excluding carboxylic acids is 1. The van der Waals surface area contributed by atoms with Crippen LogP contribution in [0.15, 0.2) is 36.7 Å². The molecule has 0 saturated heterocycles. The van der Waals surface area contributed by atoms with Crippen LogP contribution in [-0.2, 0) is 18.4 Å². The molecule has 0 spiro atoms. The van der Waals surface area contributed by atoms with Gasteiger partial charge in [-0.1, -0.05) is 12.1 Å². The highest BCUT2D eigenvalue weighted by atomic mass is 16.2. The summed E-state index contributed by atoms with van der Waals surface area (Å²) < 4.78 is 4.07. The van der Waals surface area contributed by atoms with E-state index in [-0.39, 0.29) is 5.91 Å². The summed E-state index contributed by atoms with van der Waals surface area (Å²) in [5, 5.41) is 5.43. The second kappa shape index (κ2) is 4.22. The topological polar surface area (TPSA) is 43.1 Å². The molecule has 2 aromatic heterocycles. The van der Waals surface area contributed by atoms with E-state index in [1.54, 1.807) is 4.90 Å². The molecule has 0 aliphatic carbocycles. The number of carbonyl (C=O) groups is 1. The number of rotatable bonds is 1. The SMILES string of the molecule is CN1C(=O)CCn2cc(-c3ccnn3C)c3cccc1c32. The van der Waals surface area contributed by atoms with Gasteiger partial charge in [0.1, 0.15) is 0 Å². The van der Waals surface area contributed by atoms with Crippen molar-refractivity contribution in [3.63, 3.8) is 0 Å². The molecule has 1 amide bonds. The van der Waals surface area contributed by atoms with Crippen molar-refractivity contribution in [1.29, 1.82) is 0 Å². The third-order valence-corrected chi connectivity index (χ3v) is 4.28. The highest BCUT2D eigenvalue weighted by Gasteiger charge is 2.23. The van der Waals surface area contributed by atoms with E-state index in [1.807, 2.05) is 43.2 Å². The Bertz CT molecular complexity index is 858. The molecule has 0 N–H and O–H groups in total. The fraction of sp³-hybridized carbons (Fsp3) is 0.250. The van der Waals surface area contributed by atoms with E-state index in [4.69, 9.17) is 0 Å². The Kier molecular flexibility index (Phi) is 2.45. The molecule has 0 bridgehead atoms. The van der Waals surface area contributed by atoms with Crippen molar-refractivity contribution < 1.29 is 4.79 Å². The summed E-state index contributed by atoms with van der Waals surface area (Å²) in [6.45, 7) is 0.717. The number of aryl methyl sites for hydroxylation is 2. The van der Waals surface area contributed by atoms with E-state index in [9.17, 15) is 4.79 Å². The molecule has 3 aromatic rings. The van der Waals surface area contributed by atoms with Crippen molar-refractivity contribution in [2.75, 3.05) is 11.9 Å².